The topological polar surface area (TPSA) is 199 Å². The Hall–Kier alpha value is -5.37. The maximum Gasteiger partial charge on any atom is 0.311 e. The number of nitrogens with one attached hydrogen (secondary N) is 2. The van der Waals surface area contributed by atoms with Crippen molar-refractivity contribution in [2.75, 3.05) is 39.6 Å². The van der Waals surface area contributed by atoms with Gasteiger partial charge in [-0.2, -0.15) is 0 Å². The molecule has 5 aromatic rings. The SMILES string of the molecule is Cc1ncsc1-c1ccc([C@H](C)NC(=O)[C@@H]2C[C@@H](O)CN2C(=O)[C@@H](NC(=O)COCCCOCCOC(=O)C(C)C2N=C(c3ccc(Cl)cc3)c3c(sc(C)c3C)-n3c(C)nnc32)C(C)(C)C)cc1. The number of rotatable bonds is 18. The van der Waals surface area contributed by atoms with Crippen molar-refractivity contribution in [3.8, 4) is 15.4 Å². The molecule has 2 aromatic carbocycles. The van der Waals surface area contributed by atoms with E-state index in [-0.39, 0.29) is 57.9 Å². The highest BCUT2D eigenvalue weighted by atomic mass is 35.5. The van der Waals surface area contributed by atoms with Gasteiger partial charge in [-0.15, -0.1) is 32.9 Å². The molecule has 7 rings (SSSR count). The van der Waals surface area contributed by atoms with Crippen molar-refractivity contribution in [3.05, 3.63) is 104 Å². The number of aryl methyl sites for hydroxylation is 3. The zero-order valence-corrected chi connectivity index (χ0v) is 42.9. The summed E-state index contributed by atoms with van der Waals surface area (Å²) in [7, 11) is 0. The van der Waals surface area contributed by atoms with Crippen LogP contribution in [0.2, 0.25) is 5.02 Å². The summed E-state index contributed by atoms with van der Waals surface area (Å²) in [6.45, 7) is 17.4. The van der Waals surface area contributed by atoms with Crippen LogP contribution >= 0.6 is 34.3 Å². The van der Waals surface area contributed by atoms with E-state index in [4.69, 9.17) is 30.8 Å². The van der Waals surface area contributed by atoms with Crippen LogP contribution in [0.1, 0.15) is 104 Å². The number of thiophene rings is 1. The molecule has 6 atom stereocenters. The van der Waals surface area contributed by atoms with Gasteiger partial charge in [0.15, 0.2) is 5.82 Å². The van der Waals surface area contributed by atoms with Gasteiger partial charge in [0.1, 0.15) is 42.2 Å². The number of ether oxygens (including phenoxy) is 3. The highest BCUT2D eigenvalue weighted by Gasteiger charge is 2.45. The van der Waals surface area contributed by atoms with Crippen molar-refractivity contribution < 1.29 is 38.5 Å². The average molecular weight is 1000 g/mol. The Balaban J connectivity index is 0.852. The second-order valence-corrected chi connectivity index (χ2v) is 21.2. The van der Waals surface area contributed by atoms with Crippen molar-refractivity contribution in [1.82, 2.24) is 35.3 Å². The number of thiazole rings is 1. The Morgan fingerprint density at radius 2 is 1.61 bits per heavy atom. The molecular formula is C50H61ClN8O8S2. The number of benzene rings is 2. The number of carbonyl (C=O) groups excluding carboxylic acids is 4. The summed E-state index contributed by atoms with van der Waals surface area (Å²) in [6.07, 6.45) is -0.361. The lowest BCUT2D eigenvalue weighted by Gasteiger charge is -2.35. The molecule has 19 heteroatoms. The number of fused-ring (bicyclic) bond motifs is 3. The van der Waals surface area contributed by atoms with E-state index in [1.54, 1.807) is 29.6 Å². The average Bonchev–Trinajstić information content (AvgIpc) is 4.08. The second kappa shape index (κ2) is 22.2. The van der Waals surface area contributed by atoms with Crippen LogP contribution in [-0.2, 0) is 33.4 Å². The van der Waals surface area contributed by atoms with Crippen molar-refractivity contribution in [3.63, 3.8) is 0 Å². The lowest BCUT2D eigenvalue weighted by Crippen LogP contribution is -2.58. The Kier molecular flexibility index (Phi) is 16.5. The van der Waals surface area contributed by atoms with Gasteiger partial charge < -0.3 is 34.9 Å². The predicted molar refractivity (Wildman–Crippen MR) is 266 cm³/mol. The maximum atomic E-state index is 14.1. The number of nitrogens with zero attached hydrogens (tertiary/aromatic N) is 6. The number of hydrogen-bond donors (Lipinski definition) is 3. The molecular weight excluding hydrogens is 940 g/mol. The molecule has 2 aliphatic rings. The minimum absolute atomic E-state index is 0.0181. The highest BCUT2D eigenvalue weighted by Crippen LogP contribution is 2.41. The third-order valence-electron chi connectivity index (χ3n) is 12.5. The molecule has 368 valence electrons. The molecule has 5 heterocycles. The second-order valence-electron chi connectivity index (χ2n) is 18.7. The molecule has 0 aliphatic carbocycles. The first-order valence-corrected chi connectivity index (χ1v) is 25.2. The summed E-state index contributed by atoms with van der Waals surface area (Å²) >= 11 is 9.45. The molecule has 2 unspecified atom stereocenters. The molecule has 0 spiro atoms. The van der Waals surface area contributed by atoms with Crippen molar-refractivity contribution >= 4 is 63.7 Å². The van der Waals surface area contributed by atoms with Crippen LogP contribution in [-0.4, -0.2) is 117 Å². The summed E-state index contributed by atoms with van der Waals surface area (Å²) in [4.78, 5) is 67.6. The number of likely N-dealkylation sites (tertiary alicyclic amines) is 1. The fourth-order valence-corrected chi connectivity index (χ4v) is 10.7. The van der Waals surface area contributed by atoms with Gasteiger partial charge in [0, 0.05) is 47.2 Å². The third kappa shape index (κ3) is 11.8. The number of halogens is 1. The van der Waals surface area contributed by atoms with Crippen molar-refractivity contribution in [1.29, 1.82) is 0 Å². The minimum atomic E-state index is -0.993. The van der Waals surface area contributed by atoms with Crippen LogP contribution in [0.15, 0.2) is 59.0 Å². The minimum Gasteiger partial charge on any atom is -0.463 e. The van der Waals surface area contributed by atoms with Gasteiger partial charge in [0.2, 0.25) is 17.7 Å². The largest absolute Gasteiger partial charge is 0.463 e. The van der Waals surface area contributed by atoms with Gasteiger partial charge in [-0.05, 0) is 82.2 Å². The predicted octanol–water partition coefficient (Wildman–Crippen LogP) is 7.20. The van der Waals surface area contributed by atoms with E-state index in [9.17, 15) is 24.3 Å². The molecule has 0 bridgehead atoms. The molecule has 16 nitrogen and oxygen atoms in total. The maximum absolute atomic E-state index is 14.1. The number of aliphatic imine (C=N–C) groups is 1. The van der Waals surface area contributed by atoms with Gasteiger partial charge in [-0.1, -0.05) is 68.8 Å². The van der Waals surface area contributed by atoms with Crippen LogP contribution in [0.25, 0.3) is 15.4 Å². The quantitative estimate of drug-likeness (QED) is 0.0593. The van der Waals surface area contributed by atoms with Gasteiger partial charge >= 0.3 is 5.97 Å². The zero-order chi connectivity index (χ0) is 49.7. The Labute approximate surface area is 415 Å². The first-order chi connectivity index (χ1) is 32.8. The van der Waals surface area contributed by atoms with Crippen LogP contribution in [0.4, 0.5) is 0 Å². The Morgan fingerprint density at radius 3 is 2.29 bits per heavy atom. The Bertz CT molecular complexity index is 2670. The fraction of sp³-hybridized carbons (Fsp3) is 0.480. The molecule has 3 amide bonds. The smallest absolute Gasteiger partial charge is 0.311 e. The van der Waals surface area contributed by atoms with Gasteiger partial charge in [0.05, 0.1) is 46.5 Å². The number of β-amino-alcohol motifs (C(OH)–C–C–N with tert-alkyl or cyclic N) is 1. The lowest BCUT2D eigenvalue weighted by molar-refractivity contribution is -0.150. The first kappa shape index (κ1) is 51.5. The fourth-order valence-electron chi connectivity index (χ4n) is 8.50. The zero-order valence-electron chi connectivity index (χ0n) is 40.5. The normalized spacial score (nSPS) is 18.1. The van der Waals surface area contributed by atoms with E-state index in [0.29, 0.717) is 23.1 Å². The number of aliphatic hydroxyl groups is 1. The highest BCUT2D eigenvalue weighted by molar-refractivity contribution is 7.15. The molecule has 0 radical (unpaired) electrons. The molecule has 3 aromatic heterocycles. The number of aromatic nitrogens is 4. The van der Waals surface area contributed by atoms with E-state index in [2.05, 4.69) is 39.7 Å². The van der Waals surface area contributed by atoms with Crippen LogP contribution in [0.3, 0.4) is 0 Å². The monoisotopic (exact) mass is 1000 g/mol. The summed E-state index contributed by atoms with van der Waals surface area (Å²) in [6, 6.07) is 12.4. The van der Waals surface area contributed by atoms with Gasteiger partial charge in [0.25, 0.3) is 0 Å². The van der Waals surface area contributed by atoms with E-state index < -0.39 is 53.3 Å². The lowest BCUT2D eigenvalue weighted by atomic mass is 9.85. The number of aliphatic hydroxyl groups excluding tert-OH is 1. The van der Waals surface area contributed by atoms with E-state index >= 15 is 0 Å². The van der Waals surface area contributed by atoms with Crippen LogP contribution < -0.4 is 10.6 Å². The number of esters is 1. The molecule has 2 aliphatic heterocycles. The summed E-state index contributed by atoms with van der Waals surface area (Å²) in [5, 5.41) is 26.9. The Morgan fingerprint density at radius 1 is 0.913 bits per heavy atom. The first-order valence-electron chi connectivity index (χ1n) is 23.1. The van der Waals surface area contributed by atoms with E-state index in [0.717, 1.165) is 54.0 Å². The summed E-state index contributed by atoms with van der Waals surface area (Å²) < 4.78 is 19.0. The summed E-state index contributed by atoms with van der Waals surface area (Å²) in [5.74, 6) is -1.25. The van der Waals surface area contributed by atoms with Crippen LogP contribution in [0.5, 0.6) is 0 Å². The molecule has 69 heavy (non-hydrogen) atoms. The number of amides is 3. The number of carbonyl (C=O) groups is 4. The molecule has 3 N–H and O–H groups in total. The molecule has 1 fully saturated rings. The van der Waals surface area contributed by atoms with E-state index in [1.807, 2.05) is 100 Å². The van der Waals surface area contributed by atoms with E-state index in [1.165, 1.54) is 4.90 Å². The van der Waals surface area contributed by atoms with Crippen molar-refractivity contribution in [2.45, 2.75) is 105 Å². The van der Waals surface area contributed by atoms with Gasteiger partial charge in [-0.25, -0.2) is 4.98 Å². The third-order valence-corrected chi connectivity index (χ3v) is 14.9. The molecule has 0 saturated carbocycles. The van der Waals surface area contributed by atoms with Crippen molar-refractivity contribution in [2.24, 2.45) is 16.3 Å². The molecule has 1 saturated heterocycles. The standard InChI is InChI=1S/C50H61ClN8O8S2/c1-27-31(5)69-48-40(27)42(34-15-17-36(51)18-16-34)55-41(45-57-56-32(6)59(45)48)28(2)49(64)67-22-21-65-19-10-20-66-25-39(61)54-44(50(7,8)9)47(63)58-24-37(60)23-38(58)46(62)53-29(3)33-11-13-35(14-12-33)43-30(4)52-26-68-43/h11-18,26,28-29,37-38,41,44,60H,10,19-25H2,1-9H3,(H,53,62)(H,54,61)/t28?,29-,37+,38-,41?,44+/m0/s1. The number of hydrogen-bond acceptors (Lipinski definition) is 14. The van der Waals surface area contributed by atoms with Crippen LogP contribution in [0, 0.1) is 39.0 Å². The van der Waals surface area contributed by atoms with Gasteiger partial charge in [-0.3, -0.25) is 28.7 Å². The summed E-state index contributed by atoms with van der Waals surface area (Å²) in [5.41, 5.74) is 7.65.